The smallest absolute Gasteiger partial charge is 0.188 e. The van der Waals surface area contributed by atoms with Crippen LogP contribution in [0.2, 0.25) is 0 Å². The summed E-state index contributed by atoms with van der Waals surface area (Å²) in [6.45, 7) is 7.26. The van der Waals surface area contributed by atoms with Crippen LogP contribution in [0.25, 0.3) is 10.9 Å². The highest BCUT2D eigenvalue weighted by Crippen LogP contribution is 2.28. The van der Waals surface area contributed by atoms with Crippen molar-refractivity contribution in [2.45, 2.75) is 46.3 Å². The van der Waals surface area contributed by atoms with Crippen molar-refractivity contribution >= 4 is 28.3 Å². The fourth-order valence-electron chi connectivity index (χ4n) is 4.12. The first kappa shape index (κ1) is 22.8. The summed E-state index contributed by atoms with van der Waals surface area (Å²) in [4.78, 5) is 18.1. The average molecular weight is 468 g/mol. The number of pyridine rings is 1. The predicted octanol–water partition coefficient (Wildman–Crippen LogP) is 5.71. The fourth-order valence-corrected chi connectivity index (χ4v) is 4.12. The van der Waals surface area contributed by atoms with E-state index >= 15 is 0 Å². The van der Waals surface area contributed by atoms with Gasteiger partial charge in [-0.25, -0.2) is 15.0 Å². The van der Waals surface area contributed by atoms with Gasteiger partial charge in [0.25, 0.3) is 0 Å². The molecule has 0 aliphatic carbocycles. The van der Waals surface area contributed by atoms with E-state index in [2.05, 4.69) is 50.4 Å². The molecule has 3 heterocycles. The van der Waals surface area contributed by atoms with E-state index in [4.69, 9.17) is 9.47 Å². The molecule has 1 aliphatic rings. The number of nitrogens with one attached hydrogen (secondary N) is 1. The molecule has 2 aromatic heterocycles. The van der Waals surface area contributed by atoms with E-state index in [0.717, 1.165) is 63.0 Å². The van der Waals surface area contributed by atoms with Gasteiger partial charge >= 0.3 is 0 Å². The third-order valence-corrected chi connectivity index (χ3v) is 6.05. The Bertz CT molecular complexity index is 1390. The summed E-state index contributed by atoms with van der Waals surface area (Å²) < 4.78 is 11.8. The van der Waals surface area contributed by atoms with E-state index in [9.17, 15) is 0 Å². The second-order valence-corrected chi connectivity index (χ2v) is 8.81. The molecule has 4 aromatic rings. The number of anilines is 2. The van der Waals surface area contributed by atoms with Gasteiger partial charge in [0.15, 0.2) is 5.90 Å². The lowest BCUT2D eigenvalue weighted by molar-refractivity contribution is 0.299. The van der Waals surface area contributed by atoms with E-state index in [0.29, 0.717) is 19.6 Å². The molecule has 1 aliphatic heterocycles. The molecule has 1 unspecified atom stereocenters. The van der Waals surface area contributed by atoms with Crippen LogP contribution in [0.15, 0.2) is 65.9 Å². The molecule has 1 atom stereocenters. The number of nitrogens with zero attached hydrogens (tertiary/aromatic N) is 4. The van der Waals surface area contributed by atoms with Crippen LogP contribution in [0.1, 0.15) is 35.9 Å². The number of ether oxygens (including phenoxy) is 2. The summed E-state index contributed by atoms with van der Waals surface area (Å²) in [5.74, 6) is 2.39. The topological polar surface area (TPSA) is 81.5 Å². The van der Waals surface area contributed by atoms with Crippen LogP contribution in [0.3, 0.4) is 0 Å². The first-order valence-electron chi connectivity index (χ1n) is 11.9. The maximum absolute atomic E-state index is 6.01. The fraction of sp³-hybridized carbons (Fsp3) is 0.286. The van der Waals surface area contributed by atoms with Crippen molar-refractivity contribution in [3.8, 4) is 5.75 Å². The highest BCUT2D eigenvalue weighted by molar-refractivity contribution is 5.92. The lowest BCUT2D eigenvalue weighted by Gasteiger charge is -2.13. The zero-order valence-corrected chi connectivity index (χ0v) is 20.3. The molecule has 2 aromatic carbocycles. The molecule has 7 heteroatoms. The van der Waals surface area contributed by atoms with E-state index in [-0.39, 0.29) is 6.04 Å². The number of hydrogen-bond acceptors (Lipinski definition) is 7. The van der Waals surface area contributed by atoms with Crippen LogP contribution in [0.4, 0.5) is 11.5 Å². The van der Waals surface area contributed by atoms with Crippen LogP contribution in [0, 0.1) is 13.8 Å². The quantitative estimate of drug-likeness (QED) is 0.357. The number of fused-ring (bicyclic) bond motifs is 1. The van der Waals surface area contributed by atoms with Crippen LogP contribution in [0.5, 0.6) is 5.75 Å². The predicted molar refractivity (Wildman–Crippen MR) is 138 cm³/mol. The van der Waals surface area contributed by atoms with Gasteiger partial charge in [-0.05, 0) is 73.9 Å². The molecular formula is C28H29N5O2. The highest BCUT2D eigenvalue weighted by atomic mass is 16.5. The van der Waals surface area contributed by atoms with E-state index < -0.39 is 0 Å². The lowest BCUT2D eigenvalue weighted by atomic mass is 10.1. The standard InChI is InChI=1S/C28H29N5O2/c1-4-21-15-35-27(32-21)14-20-8-10-25-24(13-20)28(30-17-29-25)33-22-9-11-26(18(2)12-22)34-16-23-7-5-6-19(3)31-23/h5-13,17,21H,4,14-16H2,1-3H3,(H,29,30,33). The molecule has 7 nitrogen and oxygen atoms in total. The van der Waals surface area contributed by atoms with E-state index in [1.165, 1.54) is 0 Å². The summed E-state index contributed by atoms with van der Waals surface area (Å²) in [5.41, 5.74) is 5.86. The number of rotatable bonds is 8. The van der Waals surface area contributed by atoms with Gasteiger partial charge in [-0.1, -0.05) is 19.1 Å². The average Bonchev–Trinajstić information content (AvgIpc) is 3.31. The van der Waals surface area contributed by atoms with Crippen molar-refractivity contribution in [3.63, 3.8) is 0 Å². The van der Waals surface area contributed by atoms with Crippen LogP contribution in [-0.4, -0.2) is 33.5 Å². The third kappa shape index (κ3) is 5.40. The van der Waals surface area contributed by atoms with Crippen molar-refractivity contribution in [2.75, 3.05) is 11.9 Å². The molecule has 178 valence electrons. The molecule has 0 radical (unpaired) electrons. The Morgan fingerprint density at radius 3 is 2.77 bits per heavy atom. The van der Waals surface area contributed by atoms with Gasteiger partial charge in [-0.15, -0.1) is 0 Å². The second-order valence-electron chi connectivity index (χ2n) is 8.81. The molecule has 0 spiro atoms. The van der Waals surface area contributed by atoms with Crippen LogP contribution in [-0.2, 0) is 17.8 Å². The van der Waals surface area contributed by atoms with Gasteiger partial charge in [0.1, 0.15) is 31.1 Å². The molecule has 0 amide bonds. The maximum Gasteiger partial charge on any atom is 0.188 e. The van der Waals surface area contributed by atoms with Crippen molar-refractivity contribution in [1.82, 2.24) is 15.0 Å². The SMILES string of the molecule is CCC1COC(Cc2ccc3ncnc(Nc4ccc(OCc5cccc(C)n5)c(C)c4)c3c2)=N1. The molecule has 0 saturated heterocycles. The Morgan fingerprint density at radius 2 is 1.97 bits per heavy atom. The van der Waals surface area contributed by atoms with Gasteiger partial charge in [0.05, 0.1) is 17.3 Å². The monoisotopic (exact) mass is 467 g/mol. The summed E-state index contributed by atoms with van der Waals surface area (Å²) in [6, 6.07) is 18.5. The Hall–Kier alpha value is -4.00. The maximum atomic E-state index is 6.01. The lowest BCUT2D eigenvalue weighted by Crippen LogP contribution is -2.05. The van der Waals surface area contributed by atoms with Crippen molar-refractivity contribution in [1.29, 1.82) is 0 Å². The molecular weight excluding hydrogens is 438 g/mol. The van der Waals surface area contributed by atoms with Crippen molar-refractivity contribution in [3.05, 3.63) is 83.4 Å². The zero-order valence-electron chi connectivity index (χ0n) is 20.3. The van der Waals surface area contributed by atoms with Crippen molar-refractivity contribution < 1.29 is 9.47 Å². The molecule has 5 rings (SSSR count). The number of hydrogen-bond donors (Lipinski definition) is 1. The number of benzene rings is 2. The highest BCUT2D eigenvalue weighted by Gasteiger charge is 2.17. The summed E-state index contributed by atoms with van der Waals surface area (Å²) in [5, 5.41) is 4.41. The van der Waals surface area contributed by atoms with Gasteiger partial charge in [0.2, 0.25) is 0 Å². The van der Waals surface area contributed by atoms with Crippen LogP contribution < -0.4 is 10.1 Å². The Labute approximate surface area is 205 Å². The zero-order chi connectivity index (χ0) is 24.2. The summed E-state index contributed by atoms with van der Waals surface area (Å²) >= 11 is 0. The normalized spacial score (nSPS) is 15.1. The third-order valence-electron chi connectivity index (χ3n) is 6.05. The first-order valence-corrected chi connectivity index (χ1v) is 11.9. The minimum Gasteiger partial charge on any atom is -0.487 e. The van der Waals surface area contributed by atoms with Gasteiger partial charge in [-0.2, -0.15) is 0 Å². The number of aliphatic imine (C=N–C) groups is 1. The molecule has 0 fully saturated rings. The second kappa shape index (κ2) is 10.1. The van der Waals surface area contributed by atoms with Crippen LogP contribution >= 0.6 is 0 Å². The largest absolute Gasteiger partial charge is 0.487 e. The molecule has 0 bridgehead atoms. The number of aryl methyl sites for hydroxylation is 2. The molecule has 1 N–H and O–H groups in total. The van der Waals surface area contributed by atoms with Crippen molar-refractivity contribution in [2.24, 2.45) is 4.99 Å². The minimum absolute atomic E-state index is 0.272. The summed E-state index contributed by atoms with van der Waals surface area (Å²) in [6.07, 6.45) is 3.25. The van der Waals surface area contributed by atoms with Gasteiger partial charge in [-0.3, -0.25) is 4.98 Å². The van der Waals surface area contributed by atoms with Gasteiger partial charge < -0.3 is 14.8 Å². The molecule has 0 saturated carbocycles. The Balaban J connectivity index is 1.32. The number of aromatic nitrogens is 3. The Kier molecular flexibility index (Phi) is 6.57. The summed E-state index contributed by atoms with van der Waals surface area (Å²) in [7, 11) is 0. The van der Waals surface area contributed by atoms with Gasteiger partial charge in [0, 0.05) is 23.2 Å². The molecule has 35 heavy (non-hydrogen) atoms. The Morgan fingerprint density at radius 1 is 1.06 bits per heavy atom. The first-order chi connectivity index (χ1) is 17.1. The minimum atomic E-state index is 0.272. The van der Waals surface area contributed by atoms with E-state index in [1.807, 2.05) is 50.2 Å². The van der Waals surface area contributed by atoms with E-state index in [1.54, 1.807) is 6.33 Å².